The van der Waals surface area contributed by atoms with Gasteiger partial charge in [-0.3, -0.25) is 9.59 Å². The Labute approximate surface area is 357 Å². The summed E-state index contributed by atoms with van der Waals surface area (Å²) in [6.07, 6.45) is 65.3. The highest BCUT2D eigenvalue weighted by atomic mass is 16.6. The maximum atomic E-state index is 12.7. The van der Waals surface area contributed by atoms with Gasteiger partial charge in [0.15, 0.2) is 6.10 Å². The number of carbonyl (C=O) groups is 2. The Morgan fingerprint density at radius 3 is 1.22 bits per heavy atom. The monoisotopic (exact) mass is 803 g/mol. The Kier molecular flexibility index (Phi) is 45.1. The first-order valence-electron chi connectivity index (χ1n) is 23.4. The maximum Gasteiger partial charge on any atom is 0.306 e. The molecule has 0 bridgehead atoms. The predicted octanol–water partition coefficient (Wildman–Crippen LogP) is 15.7. The van der Waals surface area contributed by atoms with Crippen molar-refractivity contribution in [1.82, 2.24) is 0 Å². The fourth-order valence-electron chi connectivity index (χ4n) is 5.90. The molecule has 0 aromatic carbocycles. The summed E-state index contributed by atoms with van der Waals surface area (Å²) in [6.45, 7) is 7.38. The van der Waals surface area contributed by atoms with E-state index in [1.54, 1.807) is 0 Å². The summed E-state index contributed by atoms with van der Waals surface area (Å²) >= 11 is 0. The minimum atomic E-state index is -0.590. The Balaban J connectivity index is 4.44. The number of esters is 2. The second-order valence-corrected chi connectivity index (χ2v) is 14.9. The van der Waals surface area contributed by atoms with Gasteiger partial charge in [0, 0.05) is 19.4 Å². The molecule has 0 spiro atoms. The third kappa shape index (κ3) is 45.3. The quantitative estimate of drug-likeness (QED) is 0.0350. The summed E-state index contributed by atoms with van der Waals surface area (Å²) < 4.78 is 17.2. The van der Waals surface area contributed by atoms with Crippen LogP contribution in [0.25, 0.3) is 0 Å². The van der Waals surface area contributed by atoms with E-state index in [4.69, 9.17) is 14.2 Å². The SMILES string of the molecule is CC/C=C\C/C=C\C/C=C\C/C=C\C/C=C\CCCC(=O)OCC(COCCC/C=C\C/C=C\C/C=C\C/C=C\CC)OC(=O)CCCCCCCCCCCCC. The molecule has 0 aromatic rings. The minimum absolute atomic E-state index is 0.0291. The van der Waals surface area contributed by atoms with E-state index in [-0.39, 0.29) is 25.2 Å². The van der Waals surface area contributed by atoms with E-state index in [0.717, 1.165) is 103 Å². The summed E-state index contributed by atoms with van der Waals surface area (Å²) in [7, 11) is 0. The van der Waals surface area contributed by atoms with Crippen molar-refractivity contribution < 1.29 is 23.8 Å². The second-order valence-electron chi connectivity index (χ2n) is 14.9. The summed E-state index contributed by atoms with van der Waals surface area (Å²) in [5.74, 6) is -0.503. The molecule has 0 fully saturated rings. The van der Waals surface area contributed by atoms with Crippen LogP contribution in [0.1, 0.15) is 188 Å². The molecule has 0 heterocycles. The molecule has 0 radical (unpaired) electrons. The largest absolute Gasteiger partial charge is 0.462 e. The van der Waals surface area contributed by atoms with Crippen molar-refractivity contribution in [1.29, 1.82) is 0 Å². The highest BCUT2D eigenvalue weighted by Crippen LogP contribution is 2.13. The summed E-state index contributed by atoms with van der Waals surface area (Å²) in [5, 5.41) is 0. The molecule has 0 aromatic heterocycles. The molecule has 0 saturated carbocycles. The lowest BCUT2D eigenvalue weighted by Gasteiger charge is -2.18. The van der Waals surface area contributed by atoms with Crippen LogP contribution in [0.2, 0.25) is 0 Å². The van der Waals surface area contributed by atoms with Crippen molar-refractivity contribution in [3.8, 4) is 0 Å². The Hall–Kier alpha value is -3.44. The summed E-state index contributed by atoms with van der Waals surface area (Å²) in [5.41, 5.74) is 0. The molecule has 0 saturated heterocycles. The molecule has 0 aliphatic heterocycles. The van der Waals surface area contributed by atoms with Crippen LogP contribution >= 0.6 is 0 Å². The van der Waals surface area contributed by atoms with Crippen LogP contribution in [0, 0.1) is 0 Å². The molecule has 0 amide bonds. The van der Waals surface area contributed by atoms with E-state index in [0.29, 0.717) is 19.4 Å². The van der Waals surface area contributed by atoms with Crippen LogP contribution in [-0.2, 0) is 23.8 Å². The molecule has 328 valence electrons. The highest BCUT2D eigenvalue weighted by Gasteiger charge is 2.17. The third-order valence-corrected chi connectivity index (χ3v) is 9.30. The van der Waals surface area contributed by atoms with Crippen molar-refractivity contribution in [2.45, 2.75) is 194 Å². The molecule has 5 nitrogen and oxygen atoms in total. The van der Waals surface area contributed by atoms with E-state index < -0.39 is 6.10 Å². The second kappa shape index (κ2) is 47.9. The van der Waals surface area contributed by atoms with Gasteiger partial charge in [0.2, 0.25) is 0 Å². The van der Waals surface area contributed by atoms with Gasteiger partial charge in [0.05, 0.1) is 6.61 Å². The van der Waals surface area contributed by atoms with Crippen LogP contribution in [0.15, 0.2) is 109 Å². The molecule has 0 aliphatic carbocycles. The van der Waals surface area contributed by atoms with E-state index in [2.05, 4.69) is 130 Å². The number of ether oxygens (including phenoxy) is 3. The Morgan fingerprint density at radius 2 is 0.776 bits per heavy atom. The van der Waals surface area contributed by atoms with Crippen LogP contribution in [0.5, 0.6) is 0 Å². The zero-order chi connectivity index (χ0) is 42.1. The number of unbranched alkanes of at least 4 members (excludes halogenated alkanes) is 12. The fraction of sp³-hybridized carbons (Fsp3) is 0.623. The van der Waals surface area contributed by atoms with Gasteiger partial charge >= 0.3 is 11.9 Å². The third-order valence-electron chi connectivity index (χ3n) is 9.30. The number of hydrogen-bond acceptors (Lipinski definition) is 5. The zero-order valence-electron chi connectivity index (χ0n) is 37.5. The smallest absolute Gasteiger partial charge is 0.306 e. The van der Waals surface area contributed by atoms with Crippen molar-refractivity contribution in [3.05, 3.63) is 109 Å². The number of rotatable bonds is 41. The standard InChI is InChI=1S/C53H86O5/c1-4-7-10-13-16-19-22-24-26-27-28-29-32-34-37-40-43-46-52(54)57-50-51(58-53(55)47-44-41-38-35-31-21-18-15-12-9-6-3)49-56-48-45-42-39-36-33-30-25-23-20-17-14-11-8-5-2/h7-8,10-11,16-17,19-20,24-26,28-30,34,36-37,39,51H,4-6,9,12-15,18,21-23,27,31-33,35,38,40-50H2,1-3H3/b10-7-,11-8-,19-16-,20-17-,26-24-,29-28-,30-25-,37-34-,39-36-. The van der Waals surface area contributed by atoms with Crippen LogP contribution in [-0.4, -0.2) is 37.9 Å². The van der Waals surface area contributed by atoms with Crippen molar-refractivity contribution in [2.24, 2.45) is 0 Å². The average Bonchev–Trinajstić information content (AvgIpc) is 3.22. The van der Waals surface area contributed by atoms with Crippen molar-refractivity contribution >= 4 is 11.9 Å². The lowest BCUT2D eigenvalue weighted by atomic mass is 10.1. The topological polar surface area (TPSA) is 61.8 Å². The Morgan fingerprint density at radius 1 is 0.397 bits per heavy atom. The van der Waals surface area contributed by atoms with Gasteiger partial charge in [0.1, 0.15) is 6.61 Å². The maximum absolute atomic E-state index is 12.7. The molecule has 1 unspecified atom stereocenters. The number of carbonyl (C=O) groups excluding carboxylic acids is 2. The van der Waals surface area contributed by atoms with Crippen molar-refractivity contribution in [2.75, 3.05) is 19.8 Å². The molecule has 58 heavy (non-hydrogen) atoms. The molecule has 0 N–H and O–H groups in total. The normalized spacial score (nSPS) is 13.2. The number of allylic oxidation sites excluding steroid dienone is 18. The van der Waals surface area contributed by atoms with E-state index >= 15 is 0 Å². The molecule has 5 heteroatoms. The average molecular weight is 803 g/mol. The van der Waals surface area contributed by atoms with Gasteiger partial charge < -0.3 is 14.2 Å². The first-order valence-corrected chi connectivity index (χ1v) is 23.4. The van der Waals surface area contributed by atoms with Gasteiger partial charge in [-0.2, -0.15) is 0 Å². The predicted molar refractivity (Wildman–Crippen MR) is 251 cm³/mol. The first-order chi connectivity index (χ1) is 28.6. The Bertz CT molecular complexity index is 1180. The van der Waals surface area contributed by atoms with Gasteiger partial charge in [-0.1, -0.05) is 194 Å². The van der Waals surface area contributed by atoms with Crippen molar-refractivity contribution in [3.63, 3.8) is 0 Å². The number of hydrogen-bond donors (Lipinski definition) is 0. The van der Waals surface area contributed by atoms with Crippen LogP contribution < -0.4 is 0 Å². The van der Waals surface area contributed by atoms with Gasteiger partial charge in [-0.05, 0) is 89.9 Å². The highest BCUT2D eigenvalue weighted by molar-refractivity contribution is 5.70. The van der Waals surface area contributed by atoms with E-state index in [1.165, 1.54) is 51.4 Å². The van der Waals surface area contributed by atoms with Gasteiger partial charge in [-0.15, -0.1) is 0 Å². The molecule has 1 atom stereocenters. The van der Waals surface area contributed by atoms with E-state index in [1.807, 2.05) is 0 Å². The summed E-state index contributed by atoms with van der Waals surface area (Å²) in [4.78, 5) is 25.2. The lowest BCUT2D eigenvalue weighted by molar-refractivity contribution is -0.162. The molecular formula is C53H86O5. The molecular weight excluding hydrogens is 717 g/mol. The fourth-order valence-corrected chi connectivity index (χ4v) is 5.90. The van der Waals surface area contributed by atoms with Gasteiger partial charge in [-0.25, -0.2) is 0 Å². The summed E-state index contributed by atoms with van der Waals surface area (Å²) in [6, 6.07) is 0. The minimum Gasteiger partial charge on any atom is -0.462 e. The molecule has 0 rings (SSSR count). The zero-order valence-corrected chi connectivity index (χ0v) is 37.5. The van der Waals surface area contributed by atoms with Gasteiger partial charge in [0.25, 0.3) is 0 Å². The molecule has 0 aliphatic rings. The first kappa shape index (κ1) is 54.6. The van der Waals surface area contributed by atoms with E-state index in [9.17, 15) is 9.59 Å². The lowest BCUT2D eigenvalue weighted by Crippen LogP contribution is -2.30. The van der Waals surface area contributed by atoms with Crippen LogP contribution in [0.4, 0.5) is 0 Å². The van der Waals surface area contributed by atoms with Crippen LogP contribution in [0.3, 0.4) is 0 Å².